The summed E-state index contributed by atoms with van der Waals surface area (Å²) < 4.78 is 5.16. The van der Waals surface area contributed by atoms with Crippen molar-refractivity contribution in [1.29, 1.82) is 0 Å². The Bertz CT molecular complexity index is 580. The zero-order valence-corrected chi connectivity index (χ0v) is 15.6. The van der Waals surface area contributed by atoms with Crippen molar-refractivity contribution in [2.45, 2.75) is 65.4 Å². The van der Waals surface area contributed by atoms with Gasteiger partial charge in [0.05, 0.1) is 18.6 Å². The van der Waals surface area contributed by atoms with Gasteiger partial charge in [-0.3, -0.25) is 4.79 Å². The molecule has 24 heavy (non-hydrogen) atoms. The Hall–Kier alpha value is -1.09. The van der Waals surface area contributed by atoms with E-state index in [9.17, 15) is 9.90 Å². The number of hydrogen-bond acceptors (Lipinski definition) is 3. The standard InChI is InChI=1S/C21H32O3/c1-6-19(2)11-8-15-14(13-19)16(22)12-17-20(15,3)9-7-10-21(17,4)18(23)24-5/h6,13,15-17,22H,1,7-12H2,2-5H3/t15-,16+,17+,19-,20+,21+/m0/s1. The van der Waals surface area contributed by atoms with E-state index in [4.69, 9.17) is 4.74 Å². The molecule has 0 saturated heterocycles. The Morgan fingerprint density at radius 2 is 2.04 bits per heavy atom. The Labute approximate surface area is 146 Å². The van der Waals surface area contributed by atoms with Gasteiger partial charge in [-0.2, -0.15) is 0 Å². The van der Waals surface area contributed by atoms with Crippen molar-refractivity contribution in [3.8, 4) is 0 Å². The van der Waals surface area contributed by atoms with Crippen molar-refractivity contribution in [3.63, 3.8) is 0 Å². The van der Waals surface area contributed by atoms with Crippen molar-refractivity contribution < 1.29 is 14.6 Å². The van der Waals surface area contributed by atoms with Gasteiger partial charge in [-0.1, -0.05) is 32.4 Å². The number of fused-ring (bicyclic) bond motifs is 3. The molecule has 3 heteroatoms. The minimum absolute atomic E-state index is 0.0175. The van der Waals surface area contributed by atoms with Crippen LogP contribution < -0.4 is 0 Å². The molecule has 3 nitrogen and oxygen atoms in total. The topological polar surface area (TPSA) is 46.5 Å². The highest BCUT2D eigenvalue weighted by Gasteiger charge is 2.60. The molecule has 0 spiro atoms. The van der Waals surface area contributed by atoms with Crippen molar-refractivity contribution in [3.05, 3.63) is 24.3 Å². The van der Waals surface area contributed by atoms with Crippen LogP contribution in [0.25, 0.3) is 0 Å². The third-order valence-corrected chi connectivity index (χ3v) is 7.60. The first kappa shape index (κ1) is 17.7. The van der Waals surface area contributed by atoms with Crippen LogP contribution in [0.4, 0.5) is 0 Å². The molecule has 0 aliphatic heterocycles. The Kier molecular flexibility index (Phi) is 4.23. The summed E-state index contributed by atoms with van der Waals surface area (Å²) in [7, 11) is 1.49. The lowest BCUT2D eigenvalue weighted by Crippen LogP contribution is -2.57. The molecule has 0 aromatic carbocycles. The highest BCUT2D eigenvalue weighted by molar-refractivity contribution is 5.77. The molecule has 0 aromatic rings. The average Bonchev–Trinajstić information content (AvgIpc) is 2.56. The molecule has 3 rings (SSSR count). The van der Waals surface area contributed by atoms with Gasteiger partial charge in [0.2, 0.25) is 0 Å². The SMILES string of the molecule is C=C[C@]1(C)C=C2[C@H](O)C[C@@H]3[C@](C)(CCC[C@@]3(C)C(=O)OC)[C@H]2CC1. The fraction of sp³-hybridized carbons (Fsp3) is 0.762. The number of rotatable bonds is 2. The number of methoxy groups -OCH3 is 1. The number of ether oxygens (including phenoxy) is 1. The van der Waals surface area contributed by atoms with Crippen LogP contribution in [0.15, 0.2) is 24.3 Å². The number of carbonyl (C=O) groups excluding carboxylic acids is 1. The Morgan fingerprint density at radius 3 is 2.67 bits per heavy atom. The zero-order valence-electron chi connectivity index (χ0n) is 15.6. The van der Waals surface area contributed by atoms with Gasteiger partial charge in [0, 0.05) is 5.41 Å². The molecule has 3 aliphatic rings. The summed E-state index contributed by atoms with van der Waals surface area (Å²) in [5.74, 6) is 0.435. The second-order valence-electron chi connectivity index (χ2n) is 9.02. The fourth-order valence-electron chi connectivity index (χ4n) is 6.07. The van der Waals surface area contributed by atoms with Crippen LogP contribution >= 0.6 is 0 Å². The van der Waals surface area contributed by atoms with E-state index in [-0.39, 0.29) is 22.7 Å². The lowest BCUT2D eigenvalue weighted by molar-refractivity contribution is -0.171. The third-order valence-electron chi connectivity index (χ3n) is 7.60. The minimum Gasteiger partial charge on any atom is -0.469 e. The number of carbonyl (C=O) groups is 1. The molecule has 0 bridgehead atoms. The van der Waals surface area contributed by atoms with Gasteiger partial charge >= 0.3 is 5.97 Å². The predicted molar refractivity (Wildman–Crippen MR) is 95.3 cm³/mol. The van der Waals surface area contributed by atoms with Gasteiger partial charge in [-0.15, -0.1) is 6.58 Å². The number of aliphatic hydroxyl groups excluding tert-OH is 1. The summed E-state index contributed by atoms with van der Waals surface area (Å²) in [5.41, 5.74) is 0.759. The molecular weight excluding hydrogens is 300 g/mol. The molecule has 0 heterocycles. The minimum atomic E-state index is -0.479. The Balaban J connectivity index is 2.04. The summed E-state index contributed by atoms with van der Waals surface area (Å²) in [5, 5.41) is 10.9. The summed E-state index contributed by atoms with van der Waals surface area (Å²) in [4.78, 5) is 12.6. The lowest BCUT2D eigenvalue weighted by Gasteiger charge is -2.60. The van der Waals surface area contributed by atoms with Crippen LogP contribution in [0.5, 0.6) is 0 Å². The predicted octanol–water partition coefficient (Wildman–Crippen LogP) is 4.27. The molecule has 2 fully saturated rings. The first-order valence-electron chi connectivity index (χ1n) is 9.33. The molecule has 0 unspecified atom stereocenters. The molecule has 134 valence electrons. The van der Waals surface area contributed by atoms with Gasteiger partial charge < -0.3 is 9.84 Å². The van der Waals surface area contributed by atoms with Crippen LogP contribution in [0.2, 0.25) is 0 Å². The first-order valence-corrected chi connectivity index (χ1v) is 9.33. The molecule has 0 amide bonds. The smallest absolute Gasteiger partial charge is 0.311 e. The van der Waals surface area contributed by atoms with Gasteiger partial charge in [0.25, 0.3) is 0 Å². The highest BCUT2D eigenvalue weighted by Crippen LogP contribution is 2.64. The van der Waals surface area contributed by atoms with E-state index in [0.29, 0.717) is 12.3 Å². The monoisotopic (exact) mass is 332 g/mol. The van der Waals surface area contributed by atoms with Crippen LogP contribution in [0.1, 0.15) is 59.3 Å². The van der Waals surface area contributed by atoms with Crippen molar-refractivity contribution in [2.24, 2.45) is 28.1 Å². The first-order chi connectivity index (χ1) is 11.2. The maximum absolute atomic E-state index is 12.6. The largest absolute Gasteiger partial charge is 0.469 e. The summed E-state index contributed by atoms with van der Waals surface area (Å²) in [6.07, 6.45) is 9.67. The zero-order chi connectivity index (χ0) is 17.8. The molecule has 0 aromatic heterocycles. The second kappa shape index (κ2) is 5.72. The molecule has 3 aliphatic carbocycles. The van der Waals surface area contributed by atoms with E-state index < -0.39 is 11.5 Å². The maximum Gasteiger partial charge on any atom is 0.311 e. The Morgan fingerprint density at radius 1 is 1.33 bits per heavy atom. The molecule has 2 saturated carbocycles. The highest BCUT2D eigenvalue weighted by atomic mass is 16.5. The average molecular weight is 332 g/mol. The third kappa shape index (κ3) is 2.39. The van der Waals surface area contributed by atoms with Gasteiger partial charge in [0.15, 0.2) is 0 Å². The number of hydrogen-bond donors (Lipinski definition) is 1. The molecule has 1 N–H and O–H groups in total. The summed E-state index contributed by atoms with van der Waals surface area (Å²) >= 11 is 0. The van der Waals surface area contributed by atoms with Gasteiger partial charge in [-0.05, 0) is 61.9 Å². The number of allylic oxidation sites excluding steroid dienone is 2. The van der Waals surface area contributed by atoms with E-state index in [2.05, 4.69) is 33.4 Å². The molecule has 0 radical (unpaired) electrons. The maximum atomic E-state index is 12.6. The van der Waals surface area contributed by atoms with E-state index in [1.807, 2.05) is 6.08 Å². The van der Waals surface area contributed by atoms with E-state index in [1.165, 1.54) is 12.7 Å². The van der Waals surface area contributed by atoms with Crippen LogP contribution in [0.3, 0.4) is 0 Å². The van der Waals surface area contributed by atoms with Crippen LogP contribution in [-0.2, 0) is 9.53 Å². The molecule has 6 atom stereocenters. The second-order valence-corrected chi connectivity index (χ2v) is 9.02. The lowest BCUT2D eigenvalue weighted by atomic mass is 9.44. The van der Waals surface area contributed by atoms with Crippen molar-refractivity contribution in [1.82, 2.24) is 0 Å². The summed E-state index contributed by atoms with van der Waals surface area (Å²) in [6.45, 7) is 10.6. The van der Waals surface area contributed by atoms with E-state index >= 15 is 0 Å². The van der Waals surface area contributed by atoms with Crippen molar-refractivity contribution >= 4 is 5.97 Å². The quantitative estimate of drug-likeness (QED) is 0.607. The number of aliphatic hydroxyl groups is 1. The fourth-order valence-corrected chi connectivity index (χ4v) is 6.07. The normalized spacial score (nSPS) is 47.9. The summed E-state index contributed by atoms with van der Waals surface area (Å²) in [6, 6.07) is 0. The van der Waals surface area contributed by atoms with Crippen molar-refractivity contribution in [2.75, 3.05) is 7.11 Å². The number of esters is 1. The molecular formula is C21H32O3. The van der Waals surface area contributed by atoms with Crippen LogP contribution in [-0.4, -0.2) is 24.3 Å². The van der Waals surface area contributed by atoms with Gasteiger partial charge in [0.1, 0.15) is 0 Å². The van der Waals surface area contributed by atoms with Gasteiger partial charge in [-0.25, -0.2) is 0 Å². The van der Waals surface area contributed by atoms with Crippen LogP contribution in [0, 0.1) is 28.1 Å². The van der Waals surface area contributed by atoms with E-state index in [0.717, 1.165) is 32.1 Å². The van der Waals surface area contributed by atoms with E-state index in [1.54, 1.807) is 0 Å².